The minimum absolute atomic E-state index is 0.0178. The highest BCUT2D eigenvalue weighted by Gasteiger charge is 2.38. The summed E-state index contributed by atoms with van der Waals surface area (Å²) >= 11 is 1.68. The first-order valence-corrected chi connectivity index (χ1v) is 7.24. The number of nitrogens with one attached hydrogen (secondary N) is 1. The van der Waals surface area contributed by atoms with Gasteiger partial charge in [-0.1, -0.05) is 19.4 Å². The van der Waals surface area contributed by atoms with Gasteiger partial charge in [0.15, 0.2) is 0 Å². The molecule has 4 nitrogen and oxygen atoms in total. The maximum atomic E-state index is 12.3. The molecule has 2 unspecified atom stereocenters. The summed E-state index contributed by atoms with van der Waals surface area (Å²) in [6, 6.07) is 4.05. The number of nitrogens with zero attached hydrogens (tertiary/aromatic N) is 1. The number of thiophene rings is 1. The predicted octanol–water partition coefficient (Wildman–Crippen LogP) is 1.99. The van der Waals surface area contributed by atoms with Crippen molar-refractivity contribution in [1.82, 2.24) is 10.2 Å². The molecule has 2 rings (SSSR count). The van der Waals surface area contributed by atoms with E-state index in [1.165, 1.54) is 4.88 Å². The summed E-state index contributed by atoms with van der Waals surface area (Å²) in [4.78, 5) is 15.4. The van der Waals surface area contributed by atoms with Crippen LogP contribution in [0.2, 0.25) is 0 Å². The number of methoxy groups -OCH3 is 1. The number of carbonyl (C=O) groups excluding carboxylic acids is 1. The van der Waals surface area contributed by atoms with E-state index < -0.39 is 0 Å². The second-order valence-electron chi connectivity index (χ2n) is 4.45. The highest BCUT2D eigenvalue weighted by molar-refractivity contribution is 7.10. The summed E-state index contributed by atoms with van der Waals surface area (Å²) in [6.45, 7) is 3.33. The van der Waals surface area contributed by atoms with E-state index in [0.717, 1.165) is 12.8 Å². The van der Waals surface area contributed by atoms with Crippen molar-refractivity contribution >= 4 is 17.2 Å². The van der Waals surface area contributed by atoms with Crippen molar-refractivity contribution in [2.45, 2.75) is 32.0 Å². The van der Waals surface area contributed by atoms with Gasteiger partial charge < -0.3 is 9.64 Å². The van der Waals surface area contributed by atoms with Crippen LogP contribution in [0, 0.1) is 0 Å². The van der Waals surface area contributed by atoms with Gasteiger partial charge in [-0.15, -0.1) is 11.3 Å². The minimum Gasteiger partial charge on any atom is -0.383 e. The van der Waals surface area contributed by atoms with Crippen LogP contribution in [-0.4, -0.2) is 37.1 Å². The first-order valence-electron chi connectivity index (χ1n) is 6.36. The normalized spacial score (nSPS) is 23.9. The van der Waals surface area contributed by atoms with Crippen LogP contribution in [0.25, 0.3) is 0 Å². The van der Waals surface area contributed by atoms with Gasteiger partial charge in [0, 0.05) is 18.5 Å². The number of hydrogen-bond donors (Lipinski definition) is 1. The van der Waals surface area contributed by atoms with E-state index in [2.05, 4.69) is 18.3 Å². The molecule has 1 aliphatic heterocycles. The summed E-state index contributed by atoms with van der Waals surface area (Å²) < 4.78 is 5.09. The zero-order valence-corrected chi connectivity index (χ0v) is 11.7. The van der Waals surface area contributed by atoms with E-state index in [1.807, 2.05) is 16.3 Å². The van der Waals surface area contributed by atoms with Crippen molar-refractivity contribution in [1.29, 1.82) is 0 Å². The van der Waals surface area contributed by atoms with Crippen molar-refractivity contribution in [3.05, 3.63) is 22.4 Å². The minimum atomic E-state index is -0.0426. The predicted molar refractivity (Wildman–Crippen MR) is 72.5 cm³/mol. The van der Waals surface area contributed by atoms with Crippen molar-refractivity contribution in [2.75, 3.05) is 20.3 Å². The number of carbonyl (C=O) groups is 1. The molecule has 18 heavy (non-hydrogen) atoms. The Bertz CT molecular complexity index is 380. The van der Waals surface area contributed by atoms with Gasteiger partial charge in [0.2, 0.25) is 5.91 Å². The van der Waals surface area contributed by atoms with Crippen LogP contribution >= 0.6 is 11.3 Å². The number of amides is 1. The SMILES string of the molecule is CCCC1NC(c2cccs2)N(CCOC)C1=O. The quantitative estimate of drug-likeness (QED) is 0.858. The molecule has 0 aliphatic carbocycles. The number of hydrogen-bond acceptors (Lipinski definition) is 4. The lowest BCUT2D eigenvalue weighted by Gasteiger charge is -2.22. The van der Waals surface area contributed by atoms with Crippen molar-refractivity contribution in [2.24, 2.45) is 0 Å². The van der Waals surface area contributed by atoms with Crippen molar-refractivity contribution in [3.8, 4) is 0 Å². The molecule has 1 aromatic rings. The summed E-state index contributed by atoms with van der Waals surface area (Å²) in [7, 11) is 1.66. The van der Waals surface area contributed by atoms with E-state index in [9.17, 15) is 4.79 Å². The first-order chi connectivity index (χ1) is 8.77. The largest absolute Gasteiger partial charge is 0.383 e. The molecule has 1 saturated heterocycles. The Labute approximate surface area is 112 Å². The average molecular weight is 268 g/mol. The molecular formula is C13H20N2O2S. The molecule has 1 fully saturated rings. The van der Waals surface area contributed by atoms with Crippen LogP contribution in [0.3, 0.4) is 0 Å². The Kier molecular flexibility index (Phi) is 4.74. The van der Waals surface area contributed by atoms with Gasteiger partial charge >= 0.3 is 0 Å². The molecule has 0 spiro atoms. The molecule has 2 atom stereocenters. The highest BCUT2D eigenvalue weighted by Crippen LogP contribution is 2.29. The van der Waals surface area contributed by atoms with Crippen LogP contribution < -0.4 is 5.32 Å². The fraction of sp³-hybridized carbons (Fsp3) is 0.615. The zero-order chi connectivity index (χ0) is 13.0. The smallest absolute Gasteiger partial charge is 0.241 e. The maximum Gasteiger partial charge on any atom is 0.241 e. The Hall–Kier alpha value is -0.910. The number of rotatable bonds is 6. The lowest BCUT2D eigenvalue weighted by Crippen LogP contribution is -2.33. The van der Waals surface area contributed by atoms with Gasteiger partial charge in [-0.3, -0.25) is 10.1 Å². The lowest BCUT2D eigenvalue weighted by atomic mass is 10.2. The third-order valence-electron chi connectivity index (χ3n) is 3.18. The second kappa shape index (κ2) is 6.31. The average Bonchev–Trinajstić information content (AvgIpc) is 2.97. The monoisotopic (exact) mass is 268 g/mol. The molecule has 1 aromatic heterocycles. The van der Waals surface area contributed by atoms with Crippen LogP contribution in [0.15, 0.2) is 17.5 Å². The Morgan fingerprint density at radius 2 is 2.39 bits per heavy atom. The zero-order valence-electron chi connectivity index (χ0n) is 10.9. The van der Waals surface area contributed by atoms with Gasteiger partial charge in [-0.25, -0.2) is 0 Å². The van der Waals surface area contributed by atoms with E-state index in [0.29, 0.717) is 13.2 Å². The third kappa shape index (κ3) is 2.74. The molecule has 1 amide bonds. The van der Waals surface area contributed by atoms with E-state index in [-0.39, 0.29) is 18.1 Å². The molecule has 0 radical (unpaired) electrons. The van der Waals surface area contributed by atoms with Crippen molar-refractivity contribution in [3.63, 3.8) is 0 Å². The molecule has 100 valence electrons. The molecule has 0 saturated carbocycles. The molecule has 1 N–H and O–H groups in total. The molecule has 0 bridgehead atoms. The van der Waals surface area contributed by atoms with Crippen LogP contribution in [0.4, 0.5) is 0 Å². The van der Waals surface area contributed by atoms with E-state index >= 15 is 0 Å². The van der Waals surface area contributed by atoms with Gasteiger partial charge in [0.25, 0.3) is 0 Å². The summed E-state index contributed by atoms with van der Waals surface area (Å²) in [5.41, 5.74) is 0. The van der Waals surface area contributed by atoms with Crippen LogP contribution in [-0.2, 0) is 9.53 Å². The Morgan fingerprint density at radius 3 is 3.00 bits per heavy atom. The van der Waals surface area contributed by atoms with Crippen LogP contribution in [0.1, 0.15) is 30.8 Å². The fourth-order valence-electron chi connectivity index (χ4n) is 2.29. The number of ether oxygens (including phenoxy) is 1. The van der Waals surface area contributed by atoms with E-state index in [4.69, 9.17) is 4.74 Å². The van der Waals surface area contributed by atoms with E-state index in [1.54, 1.807) is 18.4 Å². The molecule has 0 aromatic carbocycles. The summed E-state index contributed by atoms with van der Waals surface area (Å²) in [5, 5.41) is 5.48. The maximum absolute atomic E-state index is 12.3. The van der Waals surface area contributed by atoms with Crippen LogP contribution in [0.5, 0.6) is 0 Å². The molecule has 5 heteroatoms. The van der Waals surface area contributed by atoms with Gasteiger partial charge in [-0.2, -0.15) is 0 Å². The molecular weight excluding hydrogens is 248 g/mol. The van der Waals surface area contributed by atoms with Gasteiger partial charge in [0.1, 0.15) is 6.17 Å². The topological polar surface area (TPSA) is 41.6 Å². The molecule has 2 heterocycles. The molecule has 1 aliphatic rings. The highest BCUT2D eigenvalue weighted by atomic mass is 32.1. The van der Waals surface area contributed by atoms with Gasteiger partial charge in [-0.05, 0) is 17.9 Å². The Balaban J connectivity index is 2.12. The third-order valence-corrected chi connectivity index (χ3v) is 4.10. The second-order valence-corrected chi connectivity index (χ2v) is 5.43. The lowest BCUT2D eigenvalue weighted by molar-refractivity contribution is -0.130. The standard InChI is InChI=1S/C13H20N2O2S/c1-3-5-10-13(16)15(7-8-17-2)12(14-10)11-6-4-9-18-11/h4,6,9-10,12,14H,3,5,7-8H2,1-2H3. The first kappa shape index (κ1) is 13.5. The fourth-order valence-corrected chi connectivity index (χ4v) is 3.08. The summed E-state index contributed by atoms with van der Waals surface area (Å²) in [6.07, 6.45) is 1.92. The Morgan fingerprint density at radius 1 is 1.56 bits per heavy atom. The van der Waals surface area contributed by atoms with Gasteiger partial charge in [0.05, 0.1) is 12.6 Å². The summed E-state index contributed by atoms with van der Waals surface area (Å²) in [5.74, 6) is 0.201. The van der Waals surface area contributed by atoms with Crippen molar-refractivity contribution < 1.29 is 9.53 Å².